The van der Waals surface area contributed by atoms with E-state index in [9.17, 15) is 4.79 Å². The molecule has 0 unspecified atom stereocenters. The van der Waals surface area contributed by atoms with Gasteiger partial charge in [0.15, 0.2) is 6.61 Å². The monoisotopic (exact) mass is 439 g/mol. The minimum Gasteiger partial charge on any atom is -0.482 e. The number of benzene rings is 2. The van der Waals surface area contributed by atoms with Crippen molar-refractivity contribution in [2.75, 3.05) is 11.9 Å². The van der Waals surface area contributed by atoms with Crippen molar-refractivity contribution in [2.45, 2.75) is 27.7 Å². The van der Waals surface area contributed by atoms with Gasteiger partial charge in [-0.3, -0.25) is 4.79 Å². The summed E-state index contributed by atoms with van der Waals surface area (Å²) in [6, 6.07) is 7.96. The predicted molar refractivity (Wildman–Crippen MR) is 101 cm³/mol. The lowest BCUT2D eigenvalue weighted by Gasteiger charge is -2.14. The molecule has 2 aromatic rings. The molecule has 3 nitrogen and oxygen atoms in total. The Balaban J connectivity index is 2.07. The van der Waals surface area contributed by atoms with Gasteiger partial charge in [0.25, 0.3) is 5.91 Å². The second kappa shape index (κ2) is 7.49. The van der Waals surface area contributed by atoms with Gasteiger partial charge in [-0.2, -0.15) is 0 Å². The zero-order valence-corrected chi connectivity index (χ0v) is 16.8. The number of nitrogens with one attached hydrogen (secondary N) is 1. The van der Waals surface area contributed by atoms with Crippen LogP contribution in [0.1, 0.15) is 22.3 Å². The molecule has 1 amide bonds. The van der Waals surface area contributed by atoms with E-state index < -0.39 is 0 Å². The van der Waals surface area contributed by atoms with E-state index in [-0.39, 0.29) is 12.5 Å². The summed E-state index contributed by atoms with van der Waals surface area (Å²) in [5.74, 6) is 0.528. The topological polar surface area (TPSA) is 38.3 Å². The van der Waals surface area contributed by atoms with Crippen LogP contribution in [0.25, 0.3) is 0 Å². The molecule has 0 radical (unpaired) electrons. The van der Waals surface area contributed by atoms with E-state index in [4.69, 9.17) is 4.74 Å². The summed E-state index contributed by atoms with van der Waals surface area (Å²) in [4.78, 5) is 12.2. The van der Waals surface area contributed by atoms with Gasteiger partial charge < -0.3 is 10.1 Å². The van der Waals surface area contributed by atoms with Gasteiger partial charge in [0, 0.05) is 10.2 Å². The Morgan fingerprint density at radius 2 is 1.61 bits per heavy atom. The highest BCUT2D eigenvalue weighted by molar-refractivity contribution is 9.10. The van der Waals surface area contributed by atoms with Crippen LogP contribution in [0.4, 0.5) is 5.69 Å². The van der Waals surface area contributed by atoms with E-state index in [2.05, 4.69) is 37.2 Å². The molecular weight excluding hydrogens is 422 g/mol. The van der Waals surface area contributed by atoms with Crippen molar-refractivity contribution in [1.29, 1.82) is 0 Å². The van der Waals surface area contributed by atoms with Crippen LogP contribution in [-0.2, 0) is 4.79 Å². The van der Waals surface area contributed by atoms with Crippen molar-refractivity contribution in [1.82, 2.24) is 0 Å². The Morgan fingerprint density at radius 1 is 1.00 bits per heavy atom. The molecule has 0 aliphatic heterocycles. The van der Waals surface area contributed by atoms with Gasteiger partial charge in [0.2, 0.25) is 0 Å². The lowest BCUT2D eigenvalue weighted by atomic mass is 10.1. The third-order valence-corrected chi connectivity index (χ3v) is 4.53. The molecule has 122 valence electrons. The number of halogens is 2. The number of carbonyl (C=O) groups is 1. The number of aryl methyl sites for hydroxylation is 4. The van der Waals surface area contributed by atoms with Crippen molar-refractivity contribution in [3.63, 3.8) is 0 Å². The maximum absolute atomic E-state index is 12.2. The molecule has 0 bridgehead atoms. The summed E-state index contributed by atoms with van der Waals surface area (Å²) in [6.45, 7) is 7.89. The first-order chi connectivity index (χ1) is 10.8. The molecule has 0 atom stereocenters. The zero-order valence-electron chi connectivity index (χ0n) is 13.6. The first kappa shape index (κ1) is 18.0. The summed E-state index contributed by atoms with van der Waals surface area (Å²) in [7, 11) is 0. The van der Waals surface area contributed by atoms with Crippen LogP contribution in [0.15, 0.2) is 33.2 Å². The first-order valence-electron chi connectivity index (χ1n) is 7.24. The van der Waals surface area contributed by atoms with Gasteiger partial charge >= 0.3 is 0 Å². The number of amides is 1. The molecule has 2 aromatic carbocycles. The third-order valence-electron chi connectivity index (χ3n) is 3.48. The molecule has 0 spiro atoms. The summed E-state index contributed by atoms with van der Waals surface area (Å²) >= 11 is 6.94. The molecule has 0 saturated heterocycles. The summed E-state index contributed by atoms with van der Waals surface area (Å²) in [6.07, 6.45) is 0. The Labute approximate surface area is 153 Å². The average Bonchev–Trinajstić information content (AvgIpc) is 2.41. The quantitative estimate of drug-likeness (QED) is 0.685. The molecule has 0 aliphatic rings. The maximum Gasteiger partial charge on any atom is 0.262 e. The predicted octanol–water partition coefficient (Wildman–Crippen LogP) is 5.46. The van der Waals surface area contributed by atoms with Crippen molar-refractivity contribution in [2.24, 2.45) is 0 Å². The van der Waals surface area contributed by atoms with Gasteiger partial charge in [-0.05, 0) is 84.1 Å². The number of carbonyl (C=O) groups excluding carboxylic acids is 1. The fourth-order valence-corrected chi connectivity index (χ4v) is 3.98. The Kier molecular flexibility index (Phi) is 5.87. The molecule has 0 saturated carbocycles. The standard InChI is InChI=1S/C18H19Br2NO2/c1-10-5-13(4)18(15(20)6-10)23-9-16(22)21-17-11(2)7-14(19)8-12(17)3/h5-8H,9H2,1-4H3,(H,21,22). The molecule has 0 fully saturated rings. The van der Waals surface area contributed by atoms with Gasteiger partial charge in [-0.25, -0.2) is 0 Å². The highest BCUT2D eigenvalue weighted by Crippen LogP contribution is 2.30. The van der Waals surface area contributed by atoms with Crippen LogP contribution in [0.5, 0.6) is 5.75 Å². The van der Waals surface area contributed by atoms with E-state index in [1.807, 2.05) is 52.0 Å². The van der Waals surface area contributed by atoms with Crippen LogP contribution in [0, 0.1) is 27.7 Å². The molecule has 0 heterocycles. The molecule has 0 aromatic heterocycles. The van der Waals surface area contributed by atoms with Crippen LogP contribution >= 0.6 is 31.9 Å². The molecule has 5 heteroatoms. The smallest absolute Gasteiger partial charge is 0.262 e. The van der Waals surface area contributed by atoms with Gasteiger partial charge in [-0.1, -0.05) is 22.0 Å². The van der Waals surface area contributed by atoms with Gasteiger partial charge in [0.1, 0.15) is 5.75 Å². The van der Waals surface area contributed by atoms with Gasteiger partial charge in [0.05, 0.1) is 4.47 Å². The maximum atomic E-state index is 12.2. The summed E-state index contributed by atoms with van der Waals surface area (Å²) < 4.78 is 7.55. The largest absolute Gasteiger partial charge is 0.482 e. The van der Waals surface area contributed by atoms with Gasteiger partial charge in [-0.15, -0.1) is 0 Å². The van der Waals surface area contributed by atoms with Crippen molar-refractivity contribution >= 4 is 43.5 Å². The Hall–Kier alpha value is -1.33. The number of rotatable bonds is 4. The zero-order chi connectivity index (χ0) is 17.1. The Morgan fingerprint density at radius 3 is 2.17 bits per heavy atom. The van der Waals surface area contributed by atoms with E-state index in [0.29, 0.717) is 5.75 Å². The second-order valence-electron chi connectivity index (χ2n) is 5.64. The van der Waals surface area contributed by atoms with E-state index >= 15 is 0 Å². The SMILES string of the molecule is Cc1cc(C)c(OCC(=O)Nc2c(C)cc(Br)cc2C)c(Br)c1. The Bertz CT molecular complexity index is 711. The molecule has 2 rings (SSSR count). The molecule has 23 heavy (non-hydrogen) atoms. The second-order valence-corrected chi connectivity index (χ2v) is 7.41. The lowest BCUT2D eigenvalue weighted by Crippen LogP contribution is -2.21. The normalized spacial score (nSPS) is 10.5. The number of hydrogen-bond acceptors (Lipinski definition) is 2. The summed E-state index contributed by atoms with van der Waals surface area (Å²) in [5.41, 5.74) is 5.00. The van der Waals surface area contributed by atoms with Crippen LogP contribution in [0.3, 0.4) is 0 Å². The van der Waals surface area contributed by atoms with E-state index in [1.54, 1.807) is 0 Å². The van der Waals surface area contributed by atoms with Crippen LogP contribution in [-0.4, -0.2) is 12.5 Å². The van der Waals surface area contributed by atoms with Crippen LogP contribution < -0.4 is 10.1 Å². The molecular formula is C18H19Br2NO2. The average molecular weight is 441 g/mol. The number of hydrogen-bond donors (Lipinski definition) is 1. The minimum atomic E-state index is -0.176. The highest BCUT2D eigenvalue weighted by Gasteiger charge is 2.12. The first-order valence-corrected chi connectivity index (χ1v) is 8.82. The fraction of sp³-hybridized carbons (Fsp3) is 0.278. The van der Waals surface area contributed by atoms with Crippen molar-refractivity contribution in [3.05, 3.63) is 55.5 Å². The lowest BCUT2D eigenvalue weighted by molar-refractivity contribution is -0.118. The van der Waals surface area contributed by atoms with E-state index in [0.717, 1.165) is 36.9 Å². The van der Waals surface area contributed by atoms with Crippen molar-refractivity contribution in [3.8, 4) is 5.75 Å². The molecule has 1 N–H and O–H groups in total. The van der Waals surface area contributed by atoms with Crippen LogP contribution in [0.2, 0.25) is 0 Å². The van der Waals surface area contributed by atoms with E-state index in [1.165, 1.54) is 0 Å². The third kappa shape index (κ3) is 4.58. The van der Waals surface area contributed by atoms with Crippen molar-refractivity contribution < 1.29 is 9.53 Å². The number of anilines is 1. The summed E-state index contributed by atoms with van der Waals surface area (Å²) in [5, 5.41) is 2.93. The number of ether oxygens (including phenoxy) is 1. The fourth-order valence-electron chi connectivity index (χ4n) is 2.51. The highest BCUT2D eigenvalue weighted by atomic mass is 79.9. The minimum absolute atomic E-state index is 0.0303. The molecule has 0 aliphatic carbocycles.